The van der Waals surface area contributed by atoms with E-state index in [1.165, 1.54) is 0 Å². The fourth-order valence-corrected chi connectivity index (χ4v) is 2.39. The van der Waals surface area contributed by atoms with Crippen LogP contribution in [-0.4, -0.2) is 16.5 Å². The molecular formula is C17H12O2. The second-order valence-electron chi connectivity index (χ2n) is 4.79. The minimum Gasteiger partial charge on any atom is -0.383 e. The van der Waals surface area contributed by atoms with Crippen molar-refractivity contribution in [2.45, 2.75) is 24.9 Å². The first-order chi connectivity index (χ1) is 9.19. The summed E-state index contributed by atoms with van der Waals surface area (Å²) in [5.74, 6) is 11.2. The molecule has 1 aromatic carbocycles. The summed E-state index contributed by atoms with van der Waals surface area (Å²) in [6, 6.07) is 7.18. The molecule has 0 heterocycles. The van der Waals surface area contributed by atoms with E-state index in [2.05, 4.69) is 23.7 Å². The molecule has 19 heavy (non-hydrogen) atoms. The van der Waals surface area contributed by atoms with Gasteiger partial charge in [0, 0.05) is 23.1 Å². The van der Waals surface area contributed by atoms with Crippen LogP contribution in [0.3, 0.4) is 0 Å². The molecule has 0 aromatic heterocycles. The van der Waals surface area contributed by atoms with Crippen molar-refractivity contribution in [2.24, 2.45) is 0 Å². The molecule has 0 aliphatic heterocycles. The summed E-state index contributed by atoms with van der Waals surface area (Å²) >= 11 is 0. The Morgan fingerprint density at radius 2 is 2.00 bits per heavy atom. The van der Waals surface area contributed by atoms with Gasteiger partial charge in [0.25, 0.3) is 0 Å². The number of aliphatic hydroxyl groups is 1. The molecule has 2 aliphatic rings. The minimum absolute atomic E-state index is 0.237. The predicted octanol–water partition coefficient (Wildman–Crippen LogP) is 2.08. The van der Waals surface area contributed by atoms with Crippen LogP contribution < -0.4 is 0 Å². The van der Waals surface area contributed by atoms with Crippen molar-refractivity contribution in [1.82, 2.24) is 0 Å². The number of Topliss-reactive ketones (excluding diaryl/α,β-unsaturated/α-hetero) is 1. The fourth-order valence-electron chi connectivity index (χ4n) is 2.39. The molecule has 0 amide bonds. The van der Waals surface area contributed by atoms with Gasteiger partial charge in [-0.2, -0.15) is 0 Å². The number of benzene rings is 1. The Morgan fingerprint density at radius 1 is 1.16 bits per heavy atom. The van der Waals surface area contributed by atoms with Gasteiger partial charge in [0.2, 0.25) is 5.78 Å². The molecule has 0 radical (unpaired) electrons. The van der Waals surface area contributed by atoms with Gasteiger partial charge >= 0.3 is 0 Å². The molecule has 0 bridgehead atoms. The Morgan fingerprint density at radius 3 is 2.89 bits per heavy atom. The van der Waals surface area contributed by atoms with Crippen LogP contribution in [0.15, 0.2) is 35.9 Å². The van der Waals surface area contributed by atoms with Gasteiger partial charge in [0.05, 0.1) is 0 Å². The zero-order valence-electron chi connectivity index (χ0n) is 10.4. The summed E-state index contributed by atoms with van der Waals surface area (Å²) in [6.45, 7) is 0. The second kappa shape index (κ2) is 4.43. The SMILES string of the molecule is O=C1C#CCC2(O)CCC=C2C#Cc2ccccc21. The summed E-state index contributed by atoms with van der Waals surface area (Å²) in [7, 11) is 0. The van der Waals surface area contributed by atoms with Crippen molar-refractivity contribution in [1.29, 1.82) is 0 Å². The zero-order valence-corrected chi connectivity index (χ0v) is 10.4. The van der Waals surface area contributed by atoms with Gasteiger partial charge in [-0.15, -0.1) is 0 Å². The highest BCUT2D eigenvalue weighted by Gasteiger charge is 2.33. The van der Waals surface area contributed by atoms with Crippen molar-refractivity contribution >= 4 is 5.78 Å². The number of allylic oxidation sites excluding steroid dienone is 1. The molecule has 3 rings (SSSR count). The maximum atomic E-state index is 12.0. The summed E-state index contributed by atoms with van der Waals surface area (Å²) in [5, 5.41) is 10.5. The number of carbonyl (C=O) groups excluding carboxylic acids is 1. The summed E-state index contributed by atoms with van der Waals surface area (Å²) < 4.78 is 0. The largest absolute Gasteiger partial charge is 0.383 e. The van der Waals surface area contributed by atoms with Gasteiger partial charge in [-0.1, -0.05) is 36.0 Å². The van der Waals surface area contributed by atoms with Crippen LogP contribution >= 0.6 is 0 Å². The van der Waals surface area contributed by atoms with E-state index < -0.39 is 5.60 Å². The molecule has 2 aliphatic carbocycles. The molecule has 1 atom stereocenters. The monoisotopic (exact) mass is 248 g/mol. The lowest BCUT2D eigenvalue weighted by molar-refractivity contribution is 0.0893. The molecule has 0 fully saturated rings. The molecule has 1 unspecified atom stereocenters. The van der Waals surface area contributed by atoms with E-state index in [-0.39, 0.29) is 12.2 Å². The lowest BCUT2D eigenvalue weighted by Crippen LogP contribution is -2.27. The minimum atomic E-state index is -0.980. The molecule has 1 N–H and O–H groups in total. The third-order valence-corrected chi connectivity index (χ3v) is 3.49. The first kappa shape index (κ1) is 11.8. The van der Waals surface area contributed by atoms with E-state index >= 15 is 0 Å². The first-order valence-electron chi connectivity index (χ1n) is 6.26. The standard InChI is InChI=1S/C17H12O2/c18-16-8-4-12-17(19)11-3-6-14(17)10-9-13-5-1-2-7-15(13)16/h1-2,5-7,19H,3,11-12H2. The van der Waals surface area contributed by atoms with Gasteiger partial charge in [0.15, 0.2) is 0 Å². The summed E-state index contributed by atoms with van der Waals surface area (Å²) in [5.41, 5.74) is 0.948. The molecule has 1 aromatic rings. The lowest BCUT2D eigenvalue weighted by Gasteiger charge is -2.21. The maximum absolute atomic E-state index is 12.0. The highest BCUT2D eigenvalue weighted by Crippen LogP contribution is 2.33. The van der Waals surface area contributed by atoms with E-state index in [9.17, 15) is 9.90 Å². The number of rotatable bonds is 0. The second-order valence-corrected chi connectivity index (χ2v) is 4.79. The number of hydrogen-bond acceptors (Lipinski definition) is 2. The number of hydrogen-bond donors (Lipinski definition) is 1. The van der Waals surface area contributed by atoms with Crippen molar-refractivity contribution in [3.8, 4) is 23.7 Å². The third-order valence-electron chi connectivity index (χ3n) is 3.49. The maximum Gasteiger partial charge on any atom is 0.237 e. The van der Waals surface area contributed by atoms with E-state index in [1.54, 1.807) is 18.2 Å². The zero-order chi connectivity index (χ0) is 13.3. The average Bonchev–Trinajstić information content (AvgIpc) is 2.77. The number of ketones is 1. The van der Waals surface area contributed by atoms with Crippen LogP contribution in [0.2, 0.25) is 0 Å². The molecule has 0 saturated heterocycles. The molecule has 2 nitrogen and oxygen atoms in total. The van der Waals surface area contributed by atoms with Crippen molar-refractivity contribution in [3.05, 3.63) is 47.0 Å². The van der Waals surface area contributed by atoms with Crippen LogP contribution in [0.25, 0.3) is 0 Å². The highest BCUT2D eigenvalue weighted by molar-refractivity contribution is 6.10. The number of carbonyl (C=O) groups is 1. The Balaban J connectivity index is 2.16. The van der Waals surface area contributed by atoms with Gasteiger partial charge < -0.3 is 5.11 Å². The van der Waals surface area contributed by atoms with Crippen LogP contribution in [0.4, 0.5) is 0 Å². The summed E-state index contributed by atoms with van der Waals surface area (Å²) in [6.07, 6.45) is 3.65. The Hall–Kier alpha value is -2.29. The van der Waals surface area contributed by atoms with Gasteiger partial charge in [-0.05, 0) is 30.9 Å². The Kier molecular flexibility index (Phi) is 2.75. The topological polar surface area (TPSA) is 37.3 Å². The third kappa shape index (κ3) is 2.08. The average molecular weight is 248 g/mol. The van der Waals surface area contributed by atoms with Gasteiger partial charge in [0.1, 0.15) is 5.60 Å². The van der Waals surface area contributed by atoms with E-state index in [0.717, 1.165) is 12.0 Å². The molecule has 92 valence electrons. The van der Waals surface area contributed by atoms with E-state index in [4.69, 9.17) is 0 Å². The van der Waals surface area contributed by atoms with Crippen LogP contribution in [0.5, 0.6) is 0 Å². The van der Waals surface area contributed by atoms with Crippen molar-refractivity contribution < 1.29 is 9.90 Å². The predicted molar refractivity (Wildman–Crippen MR) is 72.3 cm³/mol. The normalized spacial score (nSPS) is 24.1. The van der Waals surface area contributed by atoms with Gasteiger partial charge in [-0.25, -0.2) is 0 Å². The smallest absolute Gasteiger partial charge is 0.237 e. The van der Waals surface area contributed by atoms with E-state index in [1.807, 2.05) is 12.1 Å². The molecule has 2 heteroatoms. The Bertz CT molecular complexity index is 704. The van der Waals surface area contributed by atoms with Crippen LogP contribution in [0, 0.1) is 23.7 Å². The van der Waals surface area contributed by atoms with Crippen LogP contribution in [0.1, 0.15) is 35.2 Å². The van der Waals surface area contributed by atoms with Gasteiger partial charge in [-0.3, -0.25) is 4.79 Å². The molecule has 0 saturated carbocycles. The Labute approximate surface area is 112 Å². The fraction of sp³-hybridized carbons (Fsp3) is 0.235. The highest BCUT2D eigenvalue weighted by atomic mass is 16.3. The van der Waals surface area contributed by atoms with Crippen molar-refractivity contribution in [2.75, 3.05) is 0 Å². The van der Waals surface area contributed by atoms with Crippen LogP contribution in [-0.2, 0) is 0 Å². The quantitative estimate of drug-likeness (QED) is 0.564. The lowest BCUT2D eigenvalue weighted by atomic mass is 9.91. The molecule has 0 spiro atoms. The molecular weight excluding hydrogens is 236 g/mol. The summed E-state index contributed by atoms with van der Waals surface area (Å²) in [4.78, 5) is 12.0. The van der Waals surface area contributed by atoms with E-state index in [0.29, 0.717) is 17.5 Å². The number of fused-ring (bicyclic) bond motifs is 2. The first-order valence-corrected chi connectivity index (χ1v) is 6.26. The van der Waals surface area contributed by atoms with Crippen molar-refractivity contribution in [3.63, 3.8) is 0 Å².